The fraction of sp³-hybridized carbons (Fsp3) is 1.00. The van der Waals surface area contributed by atoms with Crippen molar-refractivity contribution in [2.75, 3.05) is 6.61 Å². The molecule has 0 spiro atoms. The van der Waals surface area contributed by atoms with Gasteiger partial charge < -0.3 is 9.84 Å². The lowest BCUT2D eigenvalue weighted by atomic mass is 9.86. The van der Waals surface area contributed by atoms with Gasteiger partial charge in [-0.25, -0.2) is 0 Å². The number of ether oxygens (including phenoxy) is 1. The first kappa shape index (κ1) is 12.8. The summed E-state index contributed by atoms with van der Waals surface area (Å²) in [4.78, 5) is 0. The van der Waals surface area contributed by atoms with Gasteiger partial charge >= 0.3 is 6.18 Å². The first-order valence-corrected chi connectivity index (χ1v) is 5.22. The van der Waals surface area contributed by atoms with Crippen LogP contribution in [0.15, 0.2) is 0 Å². The van der Waals surface area contributed by atoms with Gasteiger partial charge in [0.25, 0.3) is 0 Å². The first-order chi connectivity index (χ1) is 6.83. The van der Waals surface area contributed by atoms with Gasteiger partial charge in [-0.3, -0.25) is 0 Å². The zero-order valence-electron chi connectivity index (χ0n) is 8.81. The molecule has 0 aliphatic heterocycles. The molecule has 0 aromatic heterocycles. The van der Waals surface area contributed by atoms with Crippen LogP contribution in [-0.2, 0) is 4.74 Å². The van der Waals surface area contributed by atoms with Crippen molar-refractivity contribution in [3.05, 3.63) is 0 Å². The van der Waals surface area contributed by atoms with Crippen LogP contribution in [0.25, 0.3) is 0 Å². The fourth-order valence-electron chi connectivity index (χ4n) is 1.82. The zero-order valence-corrected chi connectivity index (χ0v) is 8.81. The second-order valence-electron chi connectivity index (χ2n) is 4.38. The number of aliphatic hydroxyl groups is 1. The minimum Gasteiger partial charge on any atom is -0.382 e. The van der Waals surface area contributed by atoms with Gasteiger partial charge in [-0.1, -0.05) is 19.3 Å². The molecule has 0 bridgehead atoms. The smallest absolute Gasteiger partial charge is 0.382 e. The van der Waals surface area contributed by atoms with E-state index in [0.717, 1.165) is 32.1 Å². The summed E-state index contributed by atoms with van der Waals surface area (Å²) in [6, 6.07) is 0. The maximum Gasteiger partial charge on any atom is 0.416 e. The van der Waals surface area contributed by atoms with Crippen molar-refractivity contribution in [3.8, 4) is 0 Å². The van der Waals surface area contributed by atoms with Gasteiger partial charge in [0.2, 0.25) is 0 Å². The lowest BCUT2D eigenvalue weighted by Crippen LogP contribution is -2.39. The topological polar surface area (TPSA) is 29.5 Å². The largest absolute Gasteiger partial charge is 0.416 e. The molecule has 2 nitrogen and oxygen atoms in total. The van der Waals surface area contributed by atoms with Crippen LogP contribution in [0.1, 0.15) is 39.0 Å². The normalized spacial score (nSPS) is 23.8. The second-order valence-corrected chi connectivity index (χ2v) is 4.38. The summed E-state index contributed by atoms with van der Waals surface area (Å²) >= 11 is 0. The summed E-state index contributed by atoms with van der Waals surface area (Å²) in [5, 5.41) is 8.78. The van der Waals surface area contributed by atoms with Crippen molar-refractivity contribution >= 4 is 0 Å². The van der Waals surface area contributed by atoms with Crippen molar-refractivity contribution < 1.29 is 23.0 Å². The molecule has 1 saturated carbocycles. The van der Waals surface area contributed by atoms with Gasteiger partial charge in [0.05, 0.1) is 12.2 Å². The number of rotatable bonds is 3. The van der Waals surface area contributed by atoms with Crippen molar-refractivity contribution in [3.63, 3.8) is 0 Å². The molecule has 0 aromatic carbocycles. The Kier molecular flexibility index (Phi) is 4.00. The van der Waals surface area contributed by atoms with E-state index < -0.39 is 24.5 Å². The number of halogens is 3. The van der Waals surface area contributed by atoms with Crippen LogP contribution in [-0.4, -0.2) is 29.6 Å². The molecule has 1 rings (SSSR count). The summed E-state index contributed by atoms with van der Waals surface area (Å²) in [5.74, 6) is 0. The molecular formula is C10H17F3O2. The summed E-state index contributed by atoms with van der Waals surface area (Å²) in [7, 11) is 0. The molecule has 0 radical (unpaired) electrons. The Bertz CT molecular complexity index is 197. The van der Waals surface area contributed by atoms with E-state index in [1.165, 1.54) is 0 Å². The minimum atomic E-state index is -4.58. The molecule has 90 valence electrons. The Balaban J connectivity index is 2.35. The van der Waals surface area contributed by atoms with E-state index >= 15 is 0 Å². The summed E-state index contributed by atoms with van der Waals surface area (Å²) in [6.07, 6.45) is -2.31. The quantitative estimate of drug-likeness (QED) is 0.801. The van der Waals surface area contributed by atoms with E-state index in [1.54, 1.807) is 0 Å². The molecule has 1 N–H and O–H groups in total. The minimum absolute atomic E-state index is 0.482. The third-order valence-corrected chi connectivity index (χ3v) is 2.88. The van der Waals surface area contributed by atoms with Crippen LogP contribution in [0.5, 0.6) is 0 Å². The molecule has 5 heteroatoms. The highest BCUT2D eigenvalue weighted by atomic mass is 19.4. The Hall–Kier alpha value is -0.290. The van der Waals surface area contributed by atoms with Gasteiger partial charge in [0.15, 0.2) is 6.10 Å². The predicted molar refractivity (Wildman–Crippen MR) is 49.5 cm³/mol. The highest BCUT2D eigenvalue weighted by molar-refractivity contribution is 4.80. The SMILES string of the molecule is CC1(OCC(O)C(F)(F)F)CCCCC1. The molecule has 1 aliphatic carbocycles. The molecule has 1 aliphatic rings. The average molecular weight is 226 g/mol. The third kappa shape index (κ3) is 3.99. The van der Waals surface area contributed by atoms with E-state index in [0.29, 0.717) is 0 Å². The number of hydrogen-bond acceptors (Lipinski definition) is 2. The van der Waals surface area contributed by atoms with Gasteiger partial charge in [-0.15, -0.1) is 0 Å². The average Bonchev–Trinajstić information content (AvgIpc) is 2.14. The maximum atomic E-state index is 12.0. The molecule has 0 heterocycles. The van der Waals surface area contributed by atoms with Crippen LogP contribution >= 0.6 is 0 Å². The van der Waals surface area contributed by atoms with Crippen molar-refractivity contribution in [2.45, 2.75) is 56.9 Å². The Morgan fingerprint density at radius 1 is 1.27 bits per heavy atom. The van der Waals surface area contributed by atoms with Gasteiger partial charge in [-0.05, 0) is 19.8 Å². The molecule has 15 heavy (non-hydrogen) atoms. The summed E-state index contributed by atoms with van der Waals surface area (Å²) in [5.41, 5.74) is -0.482. The Morgan fingerprint density at radius 3 is 2.27 bits per heavy atom. The lowest BCUT2D eigenvalue weighted by molar-refractivity contribution is -0.229. The van der Waals surface area contributed by atoms with Crippen molar-refractivity contribution in [2.24, 2.45) is 0 Å². The highest BCUT2D eigenvalue weighted by Gasteiger charge is 2.40. The molecule has 0 saturated heterocycles. The Morgan fingerprint density at radius 2 is 1.80 bits per heavy atom. The molecule has 1 unspecified atom stereocenters. The van der Waals surface area contributed by atoms with Crippen molar-refractivity contribution in [1.29, 1.82) is 0 Å². The van der Waals surface area contributed by atoms with E-state index in [9.17, 15) is 13.2 Å². The van der Waals surface area contributed by atoms with Crippen LogP contribution in [0.2, 0.25) is 0 Å². The van der Waals surface area contributed by atoms with E-state index in [4.69, 9.17) is 9.84 Å². The number of aliphatic hydroxyl groups excluding tert-OH is 1. The summed E-state index contributed by atoms with van der Waals surface area (Å²) in [6.45, 7) is 1.16. The first-order valence-electron chi connectivity index (χ1n) is 5.22. The van der Waals surface area contributed by atoms with E-state index in [1.807, 2.05) is 6.92 Å². The molecule has 0 amide bonds. The van der Waals surface area contributed by atoms with Gasteiger partial charge in [0, 0.05) is 0 Å². The van der Waals surface area contributed by atoms with Crippen molar-refractivity contribution in [1.82, 2.24) is 0 Å². The molecular weight excluding hydrogens is 209 g/mol. The van der Waals surface area contributed by atoms with Crippen LogP contribution in [0.3, 0.4) is 0 Å². The lowest BCUT2D eigenvalue weighted by Gasteiger charge is -2.34. The standard InChI is InChI=1S/C10H17F3O2/c1-9(5-3-2-4-6-9)15-7-8(14)10(11,12)13/h8,14H,2-7H2,1H3. The van der Waals surface area contributed by atoms with Crippen LogP contribution in [0.4, 0.5) is 13.2 Å². The van der Waals surface area contributed by atoms with Gasteiger partial charge in [-0.2, -0.15) is 13.2 Å². The maximum absolute atomic E-state index is 12.0. The molecule has 1 atom stereocenters. The van der Waals surface area contributed by atoms with E-state index in [-0.39, 0.29) is 0 Å². The second kappa shape index (κ2) is 4.70. The van der Waals surface area contributed by atoms with Gasteiger partial charge in [0.1, 0.15) is 0 Å². The molecule has 1 fully saturated rings. The highest BCUT2D eigenvalue weighted by Crippen LogP contribution is 2.32. The fourth-order valence-corrected chi connectivity index (χ4v) is 1.82. The van der Waals surface area contributed by atoms with E-state index in [2.05, 4.69) is 0 Å². The third-order valence-electron chi connectivity index (χ3n) is 2.88. The summed E-state index contributed by atoms with van der Waals surface area (Å²) < 4.78 is 41.2. The predicted octanol–water partition coefficient (Wildman–Crippen LogP) is 2.65. The monoisotopic (exact) mass is 226 g/mol. The Labute approximate surface area is 87.4 Å². The van der Waals surface area contributed by atoms with Crippen LogP contribution in [0, 0.1) is 0 Å². The number of hydrogen-bond donors (Lipinski definition) is 1. The zero-order chi connectivity index (χ0) is 11.5. The number of alkyl halides is 3. The van der Waals surface area contributed by atoms with Crippen LogP contribution < -0.4 is 0 Å². The molecule has 0 aromatic rings.